The van der Waals surface area contributed by atoms with Gasteiger partial charge in [0.15, 0.2) is 5.69 Å². The first-order chi connectivity index (χ1) is 9.15. The molecule has 0 amide bonds. The highest BCUT2D eigenvalue weighted by atomic mass is 16.4. The molecule has 1 aromatic carbocycles. The van der Waals surface area contributed by atoms with Gasteiger partial charge in [-0.3, -0.25) is 0 Å². The number of anilines is 1. The summed E-state index contributed by atoms with van der Waals surface area (Å²) < 4.78 is 0. The van der Waals surface area contributed by atoms with Crippen LogP contribution in [0.25, 0.3) is 0 Å². The summed E-state index contributed by atoms with van der Waals surface area (Å²) in [6.07, 6.45) is 0.876. The van der Waals surface area contributed by atoms with Gasteiger partial charge < -0.3 is 10.4 Å². The predicted molar refractivity (Wildman–Crippen MR) is 74.6 cm³/mol. The van der Waals surface area contributed by atoms with Crippen LogP contribution in [0.1, 0.15) is 21.6 Å². The van der Waals surface area contributed by atoms with Crippen molar-refractivity contribution in [1.29, 1.82) is 0 Å². The van der Waals surface area contributed by atoms with Crippen molar-refractivity contribution in [3.8, 4) is 0 Å². The standard InChI is InChI=1S/C15H16N2O2/c1-11-4-2-5-12(10-11)8-9-16-14-7-3-6-13(17-14)15(18)19/h2-7,10H,8-9H2,1H3,(H,16,17)(H,18,19). The Morgan fingerprint density at radius 1 is 1.26 bits per heavy atom. The molecular weight excluding hydrogens is 240 g/mol. The lowest BCUT2D eigenvalue weighted by molar-refractivity contribution is 0.0690. The number of nitrogens with zero attached hydrogens (tertiary/aromatic N) is 1. The van der Waals surface area contributed by atoms with Crippen LogP contribution in [0, 0.1) is 6.92 Å². The van der Waals surface area contributed by atoms with Crippen LogP contribution in [0.2, 0.25) is 0 Å². The second-order valence-electron chi connectivity index (χ2n) is 4.38. The molecule has 2 aromatic rings. The molecule has 0 aliphatic carbocycles. The van der Waals surface area contributed by atoms with Crippen LogP contribution in [0.5, 0.6) is 0 Å². The second-order valence-corrected chi connectivity index (χ2v) is 4.38. The number of carboxylic acid groups (broad SMARTS) is 1. The van der Waals surface area contributed by atoms with Gasteiger partial charge in [-0.05, 0) is 31.0 Å². The fraction of sp³-hybridized carbons (Fsp3) is 0.200. The molecular formula is C15H16N2O2. The van der Waals surface area contributed by atoms with E-state index in [0.717, 1.165) is 13.0 Å². The Balaban J connectivity index is 1.92. The van der Waals surface area contributed by atoms with Crippen LogP contribution >= 0.6 is 0 Å². The van der Waals surface area contributed by atoms with Crippen molar-refractivity contribution >= 4 is 11.8 Å². The van der Waals surface area contributed by atoms with Gasteiger partial charge in [-0.25, -0.2) is 9.78 Å². The van der Waals surface area contributed by atoms with Gasteiger partial charge in [-0.2, -0.15) is 0 Å². The number of hydrogen-bond acceptors (Lipinski definition) is 3. The third-order valence-electron chi connectivity index (χ3n) is 2.77. The Hall–Kier alpha value is -2.36. The van der Waals surface area contributed by atoms with E-state index in [4.69, 9.17) is 5.11 Å². The van der Waals surface area contributed by atoms with Gasteiger partial charge in [0.2, 0.25) is 0 Å². The molecule has 2 N–H and O–H groups in total. The zero-order valence-electron chi connectivity index (χ0n) is 10.8. The van der Waals surface area contributed by atoms with Crippen molar-refractivity contribution in [1.82, 2.24) is 4.98 Å². The van der Waals surface area contributed by atoms with Crippen LogP contribution in [-0.4, -0.2) is 22.6 Å². The van der Waals surface area contributed by atoms with E-state index in [0.29, 0.717) is 5.82 Å². The van der Waals surface area contributed by atoms with Crippen molar-refractivity contribution in [3.63, 3.8) is 0 Å². The Morgan fingerprint density at radius 2 is 2.05 bits per heavy atom. The monoisotopic (exact) mass is 256 g/mol. The third kappa shape index (κ3) is 3.81. The van der Waals surface area contributed by atoms with E-state index < -0.39 is 5.97 Å². The lowest BCUT2D eigenvalue weighted by Gasteiger charge is -2.06. The summed E-state index contributed by atoms with van der Waals surface area (Å²) in [5.41, 5.74) is 2.55. The molecule has 1 aromatic heterocycles. The van der Waals surface area contributed by atoms with Gasteiger partial charge in [0.1, 0.15) is 5.82 Å². The Morgan fingerprint density at radius 3 is 2.79 bits per heavy atom. The number of aryl methyl sites for hydroxylation is 1. The molecule has 2 rings (SSSR count). The number of benzene rings is 1. The molecule has 98 valence electrons. The molecule has 4 nitrogen and oxygen atoms in total. The number of pyridine rings is 1. The van der Waals surface area contributed by atoms with Crippen molar-refractivity contribution in [2.24, 2.45) is 0 Å². The molecule has 1 heterocycles. The normalized spacial score (nSPS) is 10.2. The van der Waals surface area contributed by atoms with E-state index in [9.17, 15) is 4.79 Å². The minimum atomic E-state index is -1.01. The van der Waals surface area contributed by atoms with Gasteiger partial charge in [-0.15, -0.1) is 0 Å². The zero-order valence-corrected chi connectivity index (χ0v) is 10.8. The third-order valence-corrected chi connectivity index (χ3v) is 2.77. The first kappa shape index (κ1) is 13.1. The topological polar surface area (TPSA) is 62.2 Å². The van der Waals surface area contributed by atoms with E-state index in [-0.39, 0.29) is 5.69 Å². The number of rotatable bonds is 5. The number of aromatic nitrogens is 1. The van der Waals surface area contributed by atoms with Crippen molar-refractivity contribution in [2.45, 2.75) is 13.3 Å². The average molecular weight is 256 g/mol. The molecule has 0 radical (unpaired) electrons. The molecule has 19 heavy (non-hydrogen) atoms. The summed E-state index contributed by atoms with van der Waals surface area (Å²) in [5.74, 6) is -0.421. The maximum Gasteiger partial charge on any atom is 0.354 e. The molecule has 0 bridgehead atoms. The summed E-state index contributed by atoms with van der Waals surface area (Å²) in [4.78, 5) is 14.8. The lowest BCUT2D eigenvalue weighted by Crippen LogP contribution is -2.08. The summed E-state index contributed by atoms with van der Waals surface area (Å²) in [6, 6.07) is 13.3. The maximum atomic E-state index is 10.8. The van der Waals surface area contributed by atoms with E-state index in [2.05, 4.69) is 35.4 Å². The molecule has 0 saturated carbocycles. The molecule has 0 saturated heterocycles. The number of nitrogens with one attached hydrogen (secondary N) is 1. The molecule has 0 spiro atoms. The van der Waals surface area contributed by atoms with E-state index in [1.807, 2.05) is 6.07 Å². The van der Waals surface area contributed by atoms with Crippen LogP contribution < -0.4 is 5.32 Å². The second kappa shape index (κ2) is 6.00. The number of carbonyl (C=O) groups is 1. The summed E-state index contributed by atoms with van der Waals surface area (Å²) in [5, 5.41) is 12.0. The smallest absolute Gasteiger partial charge is 0.354 e. The first-order valence-electron chi connectivity index (χ1n) is 6.15. The fourth-order valence-corrected chi connectivity index (χ4v) is 1.85. The number of hydrogen-bond donors (Lipinski definition) is 2. The van der Waals surface area contributed by atoms with Crippen molar-refractivity contribution < 1.29 is 9.90 Å². The Bertz CT molecular complexity index is 582. The van der Waals surface area contributed by atoms with Gasteiger partial charge in [-0.1, -0.05) is 35.9 Å². The van der Waals surface area contributed by atoms with Crippen molar-refractivity contribution in [2.75, 3.05) is 11.9 Å². The van der Waals surface area contributed by atoms with E-state index >= 15 is 0 Å². The SMILES string of the molecule is Cc1cccc(CCNc2cccc(C(=O)O)n2)c1. The quantitative estimate of drug-likeness (QED) is 0.863. The van der Waals surface area contributed by atoms with Crippen LogP contribution in [0.3, 0.4) is 0 Å². The molecule has 0 unspecified atom stereocenters. The highest BCUT2D eigenvalue weighted by molar-refractivity contribution is 5.85. The average Bonchev–Trinajstić information content (AvgIpc) is 2.39. The summed E-state index contributed by atoms with van der Waals surface area (Å²) >= 11 is 0. The van der Waals surface area contributed by atoms with E-state index in [1.54, 1.807) is 12.1 Å². The summed E-state index contributed by atoms with van der Waals surface area (Å²) in [7, 11) is 0. The van der Waals surface area contributed by atoms with Crippen LogP contribution in [-0.2, 0) is 6.42 Å². The van der Waals surface area contributed by atoms with Gasteiger partial charge in [0.05, 0.1) is 0 Å². The number of carboxylic acids is 1. The van der Waals surface area contributed by atoms with E-state index in [1.165, 1.54) is 17.2 Å². The Kier molecular flexibility index (Phi) is 4.13. The molecule has 0 aliphatic rings. The van der Waals surface area contributed by atoms with Gasteiger partial charge in [0.25, 0.3) is 0 Å². The predicted octanol–water partition coefficient (Wildman–Crippen LogP) is 2.74. The zero-order chi connectivity index (χ0) is 13.7. The van der Waals surface area contributed by atoms with Crippen molar-refractivity contribution in [3.05, 3.63) is 59.3 Å². The highest BCUT2D eigenvalue weighted by Crippen LogP contribution is 2.07. The van der Waals surface area contributed by atoms with Gasteiger partial charge in [0, 0.05) is 6.54 Å². The minimum absolute atomic E-state index is 0.0561. The molecule has 0 atom stereocenters. The molecule has 4 heteroatoms. The van der Waals surface area contributed by atoms with Crippen LogP contribution in [0.15, 0.2) is 42.5 Å². The maximum absolute atomic E-state index is 10.8. The number of aromatic carboxylic acids is 1. The van der Waals surface area contributed by atoms with Crippen LogP contribution in [0.4, 0.5) is 5.82 Å². The molecule has 0 aliphatic heterocycles. The highest BCUT2D eigenvalue weighted by Gasteiger charge is 2.04. The fourth-order valence-electron chi connectivity index (χ4n) is 1.85. The lowest BCUT2D eigenvalue weighted by atomic mass is 10.1. The molecule has 0 fully saturated rings. The first-order valence-corrected chi connectivity index (χ1v) is 6.15. The largest absolute Gasteiger partial charge is 0.477 e. The summed E-state index contributed by atoms with van der Waals surface area (Å²) in [6.45, 7) is 2.79. The van der Waals surface area contributed by atoms with Gasteiger partial charge >= 0.3 is 5.97 Å². The Labute approximate surface area is 112 Å². The minimum Gasteiger partial charge on any atom is -0.477 e.